The number of carbonyl (C=O) groups is 1. The number of hydrogen-bond donors (Lipinski definition) is 0. The van der Waals surface area contributed by atoms with Crippen molar-refractivity contribution in [2.45, 2.75) is 6.18 Å². The number of alkyl halides is 3. The predicted octanol–water partition coefficient (Wildman–Crippen LogP) is 1.71. The van der Waals surface area contributed by atoms with Crippen molar-refractivity contribution in [2.24, 2.45) is 0 Å². The number of carbonyl (C=O) groups excluding carboxylic acids is 1. The van der Waals surface area contributed by atoms with Crippen LogP contribution in [0.2, 0.25) is 0 Å². The highest BCUT2D eigenvalue weighted by atomic mass is 32.1. The van der Waals surface area contributed by atoms with Crippen LogP contribution in [0.5, 0.6) is 0 Å². The first-order chi connectivity index (χ1) is 6.04. The van der Waals surface area contributed by atoms with E-state index in [4.69, 9.17) is 0 Å². The Morgan fingerprint density at radius 2 is 2.23 bits per heavy atom. The van der Waals surface area contributed by atoms with Crippen molar-refractivity contribution < 1.29 is 18.0 Å². The second-order valence-corrected chi connectivity index (χ2v) is 2.78. The number of halogens is 3. The lowest BCUT2D eigenvalue weighted by Gasteiger charge is -1.98. The normalized spacial score (nSPS) is 10.4. The van der Waals surface area contributed by atoms with Gasteiger partial charge in [-0.1, -0.05) is 0 Å². The molecule has 0 fully saturated rings. The van der Waals surface area contributed by atoms with Gasteiger partial charge in [-0.2, -0.15) is 13.2 Å². The number of aldehydes is 1. The van der Waals surface area contributed by atoms with E-state index in [1.54, 1.807) is 0 Å². The van der Waals surface area contributed by atoms with E-state index in [1.807, 2.05) is 5.92 Å². The van der Waals surface area contributed by atoms with E-state index in [0.717, 1.165) is 16.7 Å². The molecule has 0 spiro atoms. The monoisotopic (exact) mass is 205 g/mol. The third-order valence-corrected chi connectivity index (χ3v) is 1.79. The third-order valence-electron chi connectivity index (χ3n) is 1.03. The molecule has 1 rings (SSSR count). The lowest BCUT2D eigenvalue weighted by Crippen LogP contribution is -2.04. The van der Waals surface area contributed by atoms with Crippen LogP contribution in [-0.4, -0.2) is 11.3 Å². The van der Waals surface area contributed by atoms with Gasteiger partial charge in [0.25, 0.3) is 0 Å². The Hall–Kier alpha value is -1.35. The van der Waals surface area contributed by atoms with Crippen LogP contribution in [0, 0.1) is 11.8 Å². The van der Waals surface area contributed by atoms with Gasteiger partial charge in [0, 0.05) is 5.38 Å². The number of thiazole rings is 1. The van der Waals surface area contributed by atoms with Crippen LogP contribution in [0.15, 0.2) is 5.38 Å². The van der Waals surface area contributed by atoms with E-state index in [-0.39, 0.29) is 5.01 Å². The van der Waals surface area contributed by atoms with Crippen LogP contribution in [0.3, 0.4) is 0 Å². The van der Waals surface area contributed by atoms with Gasteiger partial charge in [0.1, 0.15) is 0 Å². The Bertz CT molecular complexity index is 371. The molecule has 13 heavy (non-hydrogen) atoms. The molecular weight excluding hydrogens is 203 g/mol. The fourth-order valence-electron chi connectivity index (χ4n) is 0.553. The van der Waals surface area contributed by atoms with Crippen molar-refractivity contribution in [1.82, 2.24) is 4.98 Å². The number of hydrogen-bond acceptors (Lipinski definition) is 3. The van der Waals surface area contributed by atoms with Crippen LogP contribution in [0.4, 0.5) is 13.2 Å². The summed E-state index contributed by atoms with van der Waals surface area (Å²) in [5.41, 5.74) is -0.979. The summed E-state index contributed by atoms with van der Waals surface area (Å²) in [5, 5.41) is 0.842. The second-order valence-electron chi connectivity index (χ2n) is 1.92. The van der Waals surface area contributed by atoms with Crippen molar-refractivity contribution in [2.75, 3.05) is 0 Å². The minimum Gasteiger partial charge on any atom is -0.289 e. The molecule has 0 saturated carbocycles. The summed E-state index contributed by atoms with van der Waals surface area (Å²) in [7, 11) is 0. The standard InChI is InChI=1S/C7H2F3NOS/c8-7(9,10)5-4-13-6(11-5)2-1-3-12/h3-4H. The Kier molecular flexibility index (Phi) is 2.68. The molecule has 0 N–H and O–H groups in total. The average Bonchev–Trinajstić information content (AvgIpc) is 2.47. The van der Waals surface area contributed by atoms with Crippen molar-refractivity contribution >= 4 is 17.6 Å². The highest BCUT2D eigenvalue weighted by Gasteiger charge is 2.33. The molecule has 0 aliphatic carbocycles. The fourth-order valence-corrected chi connectivity index (χ4v) is 1.23. The summed E-state index contributed by atoms with van der Waals surface area (Å²) in [4.78, 5) is 12.9. The summed E-state index contributed by atoms with van der Waals surface area (Å²) < 4.78 is 35.8. The molecule has 1 aromatic rings. The maximum atomic E-state index is 11.9. The van der Waals surface area contributed by atoms with Gasteiger partial charge >= 0.3 is 6.18 Å². The van der Waals surface area contributed by atoms with Crippen LogP contribution < -0.4 is 0 Å². The zero-order valence-corrected chi connectivity index (χ0v) is 6.87. The minimum atomic E-state index is -4.45. The Morgan fingerprint density at radius 3 is 2.69 bits per heavy atom. The topological polar surface area (TPSA) is 30.0 Å². The highest BCUT2D eigenvalue weighted by molar-refractivity contribution is 7.10. The molecule has 2 nitrogen and oxygen atoms in total. The summed E-state index contributed by atoms with van der Waals surface area (Å²) in [6.07, 6.45) is -4.15. The summed E-state index contributed by atoms with van der Waals surface area (Å²) in [6.45, 7) is 0. The molecule has 0 atom stereocenters. The van der Waals surface area contributed by atoms with E-state index >= 15 is 0 Å². The van der Waals surface area contributed by atoms with Gasteiger partial charge in [0.15, 0.2) is 17.0 Å². The first-order valence-corrected chi connectivity index (χ1v) is 3.90. The molecule has 0 saturated heterocycles. The molecule has 0 aliphatic rings. The van der Waals surface area contributed by atoms with E-state index in [2.05, 4.69) is 10.9 Å². The average molecular weight is 205 g/mol. The number of aromatic nitrogens is 1. The largest absolute Gasteiger partial charge is 0.434 e. The van der Waals surface area contributed by atoms with Gasteiger partial charge < -0.3 is 0 Å². The minimum absolute atomic E-state index is 0.0144. The zero-order chi connectivity index (χ0) is 9.90. The lowest BCUT2D eigenvalue weighted by atomic mass is 10.5. The zero-order valence-electron chi connectivity index (χ0n) is 6.05. The maximum Gasteiger partial charge on any atom is 0.434 e. The molecule has 6 heteroatoms. The second kappa shape index (κ2) is 3.58. The smallest absolute Gasteiger partial charge is 0.289 e. The third kappa shape index (κ3) is 2.56. The van der Waals surface area contributed by atoms with Crippen LogP contribution >= 0.6 is 11.3 Å². The summed E-state index contributed by atoms with van der Waals surface area (Å²) in [5.74, 6) is 4.16. The Morgan fingerprint density at radius 1 is 1.54 bits per heavy atom. The Labute approximate surface area is 75.4 Å². The maximum absolute atomic E-state index is 11.9. The summed E-state index contributed by atoms with van der Waals surface area (Å²) in [6, 6.07) is 0. The van der Waals surface area contributed by atoms with Gasteiger partial charge in [0.2, 0.25) is 0 Å². The van der Waals surface area contributed by atoms with Gasteiger partial charge in [-0.25, -0.2) is 4.98 Å². The Balaban J connectivity index is 2.93. The first kappa shape index (κ1) is 9.74. The molecule has 1 heterocycles. The van der Waals surface area contributed by atoms with Gasteiger partial charge in [-0.3, -0.25) is 4.79 Å². The van der Waals surface area contributed by atoms with Crippen LogP contribution in [-0.2, 0) is 11.0 Å². The fraction of sp³-hybridized carbons (Fsp3) is 0.143. The SMILES string of the molecule is O=CC#Cc1nc(C(F)(F)F)cs1. The molecule has 0 amide bonds. The predicted molar refractivity (Wildman–Crippen MR) is 40.1 cm³/mol. The number of rotatable bonds is 0. The van der Waals surface area contributed by atoms with Gasteiger partial charge in [0.05, 0.1) is 0 Å². The van der Waals surface area contributed by atoms with Crippen LogP contribution in [0.1, 0.15) is 10.7 Å². The number of nitrogens with zero attached hydrogens (tertiary/aromatic N) is 1. The first-order valence-electron chi connectivity index (χ1n) is 3.02. The van der Waals surface area contributed by atoms with Crippen molar-refractivity contribution in [3.05, 3.63) is 16.1 Å². The highest BCUT2D eigenvalue weighted by Crippen LogP contribution is 2.29. The molecule has 68 valence electrons. The van der Waals surface area contributed by atoms with Gasteiger partial charge in [-0.05, 0) is 11.8 Å². The molecular formula is C7H2F3NOS. The van der Waals surface area contributed by atoms with E-state index in [9.17, 15) is 18.0 Å². The molecule has 1 aromatic heterocycles. The van der Waals surface area contributed by atoms with Gasteiger partial charge in [-0.15, -0.1) is 11.3 Å². The van der Waals surface area contributed by atoms with Crippen molar-refractivity contribution in [3.8, 4) is 11.8 Å². The van der Waals surface area contributed by atoms with E-state index < -0.39 is 11.9 Å². The molecule has 0 radical (unpaired) electrons. The lowest BCUT2D eigenvalue weighted by molar-refractivity contribution is -0.140. The molecule has 0 aromatic carbocycles. The van der Waals surface area contributed by atoms with Crippen molar-refractivity contribution in [1.29, 1.82) is 0 Å². The molecule has 0 unspecified atom stereocenters. The van der Waals surface area contributed by atoms with Crippen molar-refractivity contribution in [3.63, 3.8) is 0 Å². The molecule has 0 bridgehead atoms. The quantitative estimate of drug-likeness (QED) is 0.476. The summed E-state index contributed by atoms with van der Waals surface area (Å²) >= 11 is 0.753. The van der Waals surface area contributed by atoms with Crippen LogP contribution in [0.25, 0.3) is 0 Å². The molecule has 0 aliphatic heterocycles. The van der Waals surface area contributed by atoms with E-state index in [0.29, 0.717) is 6.29 Å². The van der Waals surface area contributed by atoms with E-state index in [1.165, 1.54) is 0 Å².